The lowest BCUT2D eigenvalue weighted by Gasteiger charge is -2.28. The number of nitrogens with zero attached hydrogens (tertiary/aromatic N) is 1. The summed E-state index contributed by atoms with van der Waals surface area (Å²) in [5, 5.41) is 1.21. The lowest BCUT2D eigenvalue weighted by Crippen LogP contribution is -2.35. The summed E-state index contributed by atoms with van der Waals surface area (Å²) in [7, 11) is 0. The van der Waals surface area contributed by atoms with Crippen LogP contribution in [0.25, 0.3) is 11.1 Å². The normalized spacial score (nSPS) is 17.7. The van der Waals surface area contributed by atoms with Gasteiger partial charge in [-0.1, -0.05) is 53.5 Å². The van der Waals surface area contributed by atoms with Crippen LogP contribution in [0, 0.1) is 6.92 Å². The Kier molecular flexibility index (Phi) is 9.21. The number of rotatable bonds is 10. The molecule has 1 saturated heterocycles. The molecular weight excluding hydrogens is 536 g/mol. The van der Waals surface area contributed by atoms with E-state index in [0.29, 0.717) is 47.6 Å². The van der Waals surface area contributed by atoms with Crippen molar-refractivity contribution in [1.29, 1.82) is 0 Å². The molecule has 1 aliphatic carbocycles. The molecule has 1 aliphatic heterocycles. The number of fused-ring (bicyclic) bond motifs is 1. The molecule has 3 aromatic rings. The van der Waals surface area contributed by atoms with E-state index in [0.717, 1.165) is 66.9 Å². The summed E-state index contributed by atoms with van der Waals surface area (Å²) < 4.78 is 31.7. The monoisotopic (exact) mass is 571 g/mol. The van der Waals surface area contributed by atoms with Crippen LogP contribution in [0.2, 0.25) is 10.0 Å². The molecule has 0 radical (unpaired) electrons. The van der Waals surface area contributed by atoms with E-state index in [2.05, 4.69) is 23.1 Å². The molecule has 0 aromatic heterocycles. The number of hydrogen-bond donors (Lipinski definition) is 0. The minimum Gasteiger partial charge on any atom is -0.493 e. The van der Waals surface area contributed by atoms with Crippen LogP contribution in [-0.4, -0.2) is 43.9 Å². The molecule has 1 fully saturated rings. The van der Waals surface area contributed by atoms with E-state index in [1.165, 1.54) is 5.56 Å². The van der Waals surface area contributed by atoms with Crippen molar-refractivity contribution < 1.29 is 18.6 Å². The maximum atomic E-state index is 13.4. The number of likely N-dealkylation sites (tertiary alicyclic amines) is 1. The van der Waals surface area contributed by atoms with E-state index in [4.69, 9.17) is 37.4 Å². The highest BCUT2D eigenvalue weighted by Gasteiger charge is 2.28. The second-order valence-corrected chi connectivity index (χ2v) is 11.1. The Labute approximate surface area is 241 Å². The van der Waals surface area contributed by atoms with Gasteiger partial charge >= 0.3 is 0 Å². The van der Waals surface area contributed by atoms with E-state index < -0.39 is 6.17 Å². The number of ether oxygens (including phenoxy) is 3. The van der Waals surface area contributed by atoms with Crippen LogP contribution < -0.4 is 14.2 Å². The maximum absolute atomic E-state index is 13.4. The van der Waals surface area contributed by atoms with E-state index in [1.54, 1.807) is 0 Å². The van der Waals surface area contributed by atoms with Gasteiger partial charge < -0.3 is 19.1 Å². The highest BCUT2D eigenvalue weighted by molar-refractivity contribution is 6.35. The summed E-state index contributed by atoms with van der Waals surface area (Å²) in [6.07, 6.45) is 3.14. The van der Waals surface area contributed by atoms with Crippen molar-refractivity contribution in [2.75, 3.05) is 32.8 Å². The van der Waals surface area contributed by atoms with Crippen molar-refractivity contribution in [1.82, 2.24) is 4.90 Å². The predicted molar refractivity (Wildman–Crippen MR) is 157 cm³/mol. The van der Waals surface area contributed by atoms with E-state index in [1.807, 2.05) is 44.2 Å². The van der Waals surface area contributed by atoms with E-state index >= 15 is 0 Å². The zero-order valence-corrected chi connectivity index (χ0v) is 24.2. The quantitative estimate of drug-likeness (QED) is 0.228. The number of aryl methyl sites for hydroxylation is 1. The van der Waals surface area contributed by atoms with Crippen molar-refractivity contribution in [3.63, 3.8) is 0 Å². The second kappa shape index (κ2) is 12.8. The Bertz CT molecular complexity index is 1290. The molecule has 5 rings (SSSR count). The molecule has 4 nitrogen and oxygen atoms in total. The first-order chi connectivity index (χ1) is 18.9. The molecule has 0 unspecified atom stereocenters. The van der Waals surface area contributed by atoms with Gasteiger partial charge in [0.1, 0.15) is 29.5 Å². The third kappa shape index (κ3) is 6.48. The van der Waals surface area contributed by atoms with Crippen LogP contribution in [0.15, 0.2) is 48.5 Å². The van der Waals surface area contributed by atoms with Crippen LogP contribution >= 0.6 is 23.2 Å². The molecule has 1 atom stereocenters. The van der Waals surface area contributed by atoms with Gasteiger partial charge in [0, 0.05) is 31.3 Å². The van der Waals surface area contributed by atoms with Crippen LogP contribution in [0.3, 0.4) is 0 Å². The summed E-state index contributed by atoms with van der Waals surface area (Å²) in [5.41, 5.74) is 5.45. The minimum atomic E-state index is -0.644. The average Bonchev–Trinajstić information content (AvgIpc) is 3.34. The van der Waals surface area contributed by atoms with Gasteiger partial charge in [-0.15, -0.1) is 0 Å². The van der Waals surface area contributed by atoms with Gasteiger partial charge in [-0.3, -0.25) is 0 Å². The van der Waals surface area contributed by atoms with Gasteiger partial charge in [0.15, 0.2) is 0 Å². The van der Waals surface area contributed by atoms with Crippen LogP contribution in [-0.2, 0) is 6.42 Å². The number of benzene rings is 3. The van der Waals surface area contributed by atoms with Crippen molar-refractivity contribution in [3.8, 4) is 28.4 Å². The average molecular weight is 573 g/mol. The summed E-state index contributed by atoms with van der Waals surface area (Å²) in [6, 6.07) is 16.1. The molecule has 3 aromatic carbocycles. The summed E-state index contributed by atoms with van der Waals surface area (Å²) in [4.78, 5) is 2.31. The molecule has 0 saturated carbocycles. The fourth-order valence-corrected chi connectivity index (χ4v) is 6.15. The fraction of sp³-hybridized carbons (Fsp3) is 0.438. The topological polar surface area (TPSA) is 30.9 Å². The van der Waals surface area contributed by atoms with Gasteiger partial charge in [-0.05, 0) is 80.3 Å². The Morgan fingerprint density at radius 1 is 0.923 bits per heavy atom. The molecule has 208 valence electrons. The molecule has 0 amide bonds. The predicted octanol–water partition coefficient (Wildman–Crippen LogP) is 8.64. The Balaban J connectivity index is 1.29. The Morgan fingerprint density at radius 2 is 1.69 bits per heavy atom. The molecular formula is C32H36Cl2FNO3. The summed E-state index contributed by atoms with van der Waals surface area (Å²) >= 11 is 13.4. The van der Waals surface area contributed by atoms with Gasteiger partial charge in [0.25, 0.3) is 0 Å². The molecule has 7 heteroatoms. The number of halogens is 3. The first-order valence-electron chi connectivity index (χ1n) is 13.9. The lowest BCUT2D eigenvalue weighted by atomic mass is 9.96. The smallest absolute Gasteiger partial charge is 0.142 e. The van der Waals surface area contributed by atoms with Crippen molar-refractivity contribution >= 4 is 23.2 Å². The van der Waals surface area contributed by atoms with Crippen molar-refractivity contribution in [2.24, 2.45) is 0 Å². The van der Waals surface area contributed by atoms with Gasteiger partial charge in [0.2, 0.25) is 0 Å². The SMILES string of the molecule is CCOc1cc(O[C@H]2CCc3c(-c4cccc(OCCCN5CCC(F)CC5)c4Cl)cccc32)c(Cl)cc1C. The first-order valence-corrected chi connectivity index (χ1v) is 14.7. The summed E-state index contributed by atoms with van der Waals surface area (Å²) in [6.45, 7) is 7.66. The molecule has 39 heavy (non-hydrogen) atoms. The third-order valence-electron chi connectivity index (χ3n) is 7.66. The fourth-order valence-electron chi connectivity index (χ4n) is 5.61. The molecule has 1 heterocycles. The van der Waals surface area contributed by atoms with E-state index in [9.17, 15) is 4.39 Å². The third-order valence-corrected chi connectivity index (χ3v) is 8.35. The molecule has 0 spiro atoms. The molecule has 0 N–H and O–H groups in total. The van der Waals surface area contributed by atoms with Gasteiger partial charge in [-0.2, -0.15) is 0 Å². The zero-order chi connectivity index (χ0) is 27.4. The maximum Gasteiger partial charge on any atom is 0.142 e. The standard InChI is InChI=1S/C32H36Cl2FNO3/c1-3-37-30-20-31(27(33)19-21(30)2)39-28-12-11-24-23(7-4-8-25(24)28)26-9-5-10-29(32(26)34)38-18-6-15-36-16-13-22(35)14-17-36/h4-5,7-10,19-20,22,28H,3,6,11-18H2,1-2H3/t28-/m0/s1. The second-order valence-electron chi connectivity index (χ2n) is 10.3. The van der Waals surface area contributed by atoms with Crippen molar-refractivity contribution in [3.05, 3.63) is 75.3 Å². The molecule has 0 bridgehead atoms. The van der Waals surface area contributed by atoms with Crippen LogP contribution in [0.1, 0.15) is 55.4 Å². The van der Waals surface area contributed by atoms with Gasteiger partial charge in [-0.25, -0.2) is 4.39 Å². The number of piperidine rings is 1. The molecule has 2 aliphatic rings. The van der Waals surface area contributed by atoms with Crippen molar-refractivity contribution in [2.45, 2.75) is 58.2 Å². The lowest BCUT2D eigenvalue weighted by molar-refractivity contribution is 0.143. The number of alkyl halides is 1. The first kappa shape index (κ1) is 28.1. The highest BCUT2D eigenvalue weighted by atomic mass is 35.5. The van der Waals surface area contributed by atoms with Gasteiger partial charge in [0.05, 0.1) is 23.3 Å². The van der Waals surface area contributed by atoms with Crippen LogP contribution in [0.5, 0.6) is 17.2 Å². The number of hydrogen-bond acceptors (Lipinski definition) is 4. The van der Waals surface area contributed by atoms with Crippen LogP contribution in [0.4, 0.5) is 4.39 Å². The van der Waals surface area contributed by atoms with E-state index in [-0.39, 0.29) is 6.10 Å². The largest absolute Gasteiger partial charge is 0.493 e. The summed E-state index contributed by atoms with van der Waals surface area (Å²) in [5.74, 6) is 2.11. The minimum absolute atomic E-state index is 0.102. The Hall–Kier alpha value is -2.47. The highest BCUT2D eigenvalue weighted by Crippen LogP contribution is 2.45. The zero-order valence-electron chi connectivity index (χ0n) is 22.7. The Morgan fingerprint density at radius 3 is 2.49 bits per heavy atom.